The number of nitrogens with two attached hydrogens (primary N) is 1. The number of nitrogens with zero attached hydrogens (tertiary/aromatic N) is 5. The Morgan fingerprint density at radius 2 is 2.00 bits per heavy atom. The maximum atomic E-state index is 14.5. The van der Waals surface area contributed by atoms with Crippen LogP contribution in [0.5, 0.6) is 11.8 Å². The number of benzene rings is 1. The average molecular weight is 475 g/mol. The van der Waals surface area contributed by atoms with Crippen LogP contribution in [-0.2, 0) is 0 Å². The van der Waals surface area contributed by atoms with Gasteiger partial charge in [0.05, 0.1) is 29.0 Å². The largest absolute Gasteiger partial charge is 0.421 e. The first-order chi connectivity index (χ1) is 16.8. The summed E-state index contributed by atoms with van der Waals surface area (Å²) in [6, 6.07) is 3.13. The van der Waals surface area contributed by atoms with E-state index < -0.39 is 0 Å². The molecule has 10 heteroatoms. The van der Waals surface area contributed by atoms with E-state index in [-0.39, 0.29) is 17.4 Å². The first kappa shape index (κ1) is 21.7. The zero-order valence-electron chi connectivity index (χ0n) is 19.9. The lowest BCUT2D eigenvalue weighted by molar-refractivity contribution is 0.439. The molecule has 4 aromatic rings. The molecule has 3 aromatic heterocycles. The third-order valence-electron chi connectivity index (χ3n) is 7.50. The molecule has 6 rings (SSSR count). The van der Waals surface area contributed by atoms with Gasteiger partial charge in [-0.05, 0) is 25.5 Å². The summed E-state index contributed by atoms with van der Waals surface area (Å²) in [5, 5.41) is 4.52. The molecule has 0 bridgehead atoms. The van der Waals surface area contributed by atoms with E-state index in [1.807, 2.05) is 0 Å². The molecule has 0 spiro atoms. The number of aromatic nitrogens is 5. The van der Waals surface area contributed by atoms with Crippen molar-refractivity contribution >= 4 is 33.4 Å². The summed E-state index contributed by atoms with van der Waals surface area (Å²) in [5.41, 5.74) is 9.45. The molecule has 2 unspecified atom stereocenters. The second kappa shape index (κ2) is 7.61. The van der Waals surface area contributed by atoms with Gasteiger partial charge in [0.2, 0.25) is 0 Å². The van der Waals surface area contributed by atoms with E-state index in [4.69, 9.17) is 15.5 Å². The molecular weight excluding hydrogens is 447 g/mol. The predicted molar refractivity (Wildman–Crippen MR) is 133 cm³/mol. The van der Waals surface area contributed by atoms with Gasteiger partial charge in [0.15, 0.2) is 5.75 Å². The van der Waals surface area contributed by atoms with Crippen molar-refractivity contribution in [1.82, 2.24) is 24.9 Å². The normalized spacial score (nSPS) is 23.1. The van der Waals surface area contributed by atoms with Gasteiger partial charge < -0.3 is 25.7 Å². The molecule has 2 atom stereocenters. The highest BCUT2D eigenvalue weighted by Gasteiger charge is 2.67. The lowest BCUT2D eigenvalue weighted by Crippen LogP contribution is -2.39. The van der Waals surface area contributed by atoms with Crippen molar-refractivity contribution in [1.29, 1.82) is 0 Å². The average Bonchev–Trinajstić information content (AvgIpc) is 3.18. The van der Waals surface area contributed by atoms with Crippen LogP contribution in [0.2, 0.25) is 0 Å². The molecule has 9 nitrogen and oxygen atoms in total. The van der Waals surface area contributed by atoms with Crippen LogP contribution in [0.25, 0.3) is 21.9 Å². The molecule has 1 aliphatic heterocycles. The highest BCUT2D eigenvalue weighted by molar-refractivity contribution is 6.14. The van der Waals surface area contributed by atoms with Gasteiger partial charge in [-0.1, -0.05) is 19.1 Å². The molecule has 1 saturated heterocycles. The maximum Gasteiger partial charge on any atom is 0.326 e. The van der Waals surface area contributed by atoms with E-state index >= 15 is 0 Å². The third-order valence-corrected chi connectivity index (χ3v) is 7.50. The maximum absolute atomic E-state index is 14.5. The first-order valence-electron chi connectivity index (χ1n) is 11.7. The molecule has 1 saturated carbocycles. The van der Waals surface area contributed by atoms with E-state index in [0.29, 0.717) is 45.9 Å². The Labute approximate surface area is 201 Å². The minimum atomic E-state index is -0.338. The number of nitrogens with one attached hydrogen (secondary N) is 2. The lowest BCUT2D eigenvalue weighted by atomic mass is 9.99. The Kier molecular flexibility index (Phi) is 4.72. The predicted octanol–water partition coefficient (Wildman–Crippen LogP) is 3.91. The zero-order valence-corrected chi connectivity index (χ0v) is 19.9. The van der Waals surface area contributed by atoms with Gasteiger partial charge >= 0.3 is 6.01 Å². The number of piperidine rings is 1. The molecular formula is C25H27FN8O. The number of rotatable bonds is 6. The lowest BCUT2D eigenvalue weighted by Gasteiger charge is -2.26. The Bertz CT molecular complexity index is 1470. The number of aryl methyl sites for hydroxylation is 1. The summed E-state index contributed by atoms with van der Waals surface area (Å²) in [7, 11) is 1.76. The second-order valence-electron chi connectivity index (χ2n) is 9.38. The fourth-order valence-corrected chi connectivity index (χ4v) is 5.51. The molecule has 180 valence electrons. The standard InChI is InChI=1S/C25H27FN8O/c1-5-12(2)25(27)17-10-34(11-18(17)25)23-20-16-6-14(26)7-19(28-4)21(16)31-22(20)32-24(33-23)35-15-8-29-13(3)30-9-15/h6-9,17-18,28H,2,5,10-11,27H2,1,3-4H3,(H,31,32,33). The molecule has 35 heavy (non-hydrogen) atoms. The number of halogens is 1. The molecule has 2 fully saturated rings. The van der Waals surface area contributed by atoms with Gasteiger partial charge in [-0.2, -0.15) is 9.97 Å². The van der Waals surface area contributed by atoms with Gasteiger partial charge in [-0.3, -0.25) is 0 Å². The summed E-state index contributed by atoms with van der Waals surface area (Å²) in [4.78, 5) is 23.3. The Hall–Kier alpha value is -3.79. The SMILES string of the molecule is C=C(CC)C1(N)C2CN(c3nc(Oc4cnc(C)nc4)nc4[nH]c5c(NC)cc(F)cc5c34)CC21. The molecule has 2 aliphatic rings. The molecule has 4 heterocycles. The van der Waals surface area contributed by atoms with Crippen LogP contribution in [0, 0.1) is 24.6 Å². The number of ether oxygens (including phenoxy) is 1. The van der Waals surface area contributed by atoms with Crippen molar-refractivity contribution in [2.24, 2.45) is 17.6 Å². The van der Waals surface area contributed by atoms with Gasteiger partial charge in [0.1, 0.15) is 23.1 Å². The first-order valence-corrected chi connectivity index (χ1v) is 11.7. The quantitative estimate of drug-likeness (QED) is 0.360. The van der Waals surface area contributed by atoms with Crippen LogP contribution < -0.4 is 20.7 Å². The van der Waals surface area contributed by atoms with E-state index in [0.717, 1.165) is 36.0 Å². The van der Waals surface area contributed by atoms with Gasteiger partial charge in [0.25, 0.3) is 0 Å². The van der Waals surface area contributed by atoms with Crippen molar-refractivity contribution < 1.29 is 9.13 Å². The monoisotopic (exact) mass is 474 g/mol. The van der Waals surface area contributed by atoms with Crippen molar-refractivity contribution in [2.75, 3.05) is 30.4 Å². The molecule has 0 amide bonds. The number of fused-ring (bicyclic) bond motifs is 4. The van der Waals surface area contributed by atoms with Crippen LogP contribution in [0.1, 0.15) is 19.2 Å². The Morgan fingerprint density at radius 3 is 2.66 bits per heavy atom. The van der Waals surface area contributed by atoms with Crippen LogP contribution >= 0.6 is 0 Å². The Morgan fingerprint density at radius 1 is 1.29 bits per heavy atom. The molecule has 4 N–H and O–H groups in total. The van der Waals surface area contributed by atoms with Gasteiger partial charge in [-0.25, -0.2) is 14.4 Å². The van der Waals surface area contributed by atoms with Crippen LogP contribution in [0.4, 0.5) is 15.9 Å². The summed E-state index contributed by atoms with van der Waals surface area (Å²) in [6.07, 6.45) is 4.03. The zero-order chi connectivity index (χ0) is 24.5. The van der Waals surface area contributed by atoms with Crippen molar-refractivity contribution in [3.63, 3.8) is 0 Å². The summed E-state index contributed by atoms with van der Waals surface area (Å²) in [6.45, 7) is 9.58. The van der Waals surface area contributed by atoms with Crippen LogP contribution in [0.3, 0.4) is 0 Å². The topological polar surface area (TPSA) is 118 Å². The van der Waals surface area contributed by atoms with Gasteiger partial charge in [0, 0.05) is 42.9 Å². The van der Waals surface area contributed by atoms with Crippen LogP contribution in [-0.4, -0.2) is 50.6 Å². The number of anilines is 2. The van der Waals surface area contributed by atoms with Crippen molar-refractivity contribution in [3.8, 4) is 11.8 Å². The van der Waals surface area contributed by atoms with Crippen molar-refractivity contribution in [2.45, 2.75) is 25.8 Å². The number of hydrogen-bond acceptors (Lipinski definition) is 8. The fraction of sp³-hybridized carbons (Fsp3) is 0.360. The third kappa shape index (κ3) is 3.23. The second-order valence-corrected chi connectivity index (χ2v) is 9.38. The number of hydrogen-bond donors (Lipinski definition) is 3. The molecule has 0 radical (unpaired) electrons. The summed E-state index contributed by atoms with van der Waals surface area (Å²) >= 11 is 0. The number of aromatic amines is 1. The minimum Gasteiger partial charge on any atom is -0.421 e. The fourth-order valence-electron chi connectivity index (χ4n) is 5.51. The highest BCUT2D eigenvalue weighted by atomic mass is 19.1. The highest BCUT2D eigenvalue weighted by Crippen LogP contribution is 2.58. The van der Waals surface area contributed by atoms with E-state index in [2.05, 4.69) is 43.7 Å². The summed E-state index contributed by atoms with van der Waals surface area (Å²) in [5.74, 6) is 2.04. The van der Waals surface area contributed by atoms with Gasteiger partial charge in [-0.15, -0.1) is 0 Å². The Balaban J connectivity index is 1.47. The van der Waals surface area contributed by atoms with Crippen molar-refractivity contribution in [3.05, 3.63) is 48.3 Å². The van der Waals surface area contributed by atoms with E-state index in [1.54, 1.807) is 26.4 Å². The summed E-state index contributed by atoms with van der Waals surface area (Å²) < 4.78 is 20.5. The molecule has 1 aliphatic carbocycles. The number of H-pyrrole nitrogens is 1. The minimum absolute atomic E-state index is 0.163. The molecule has 1 aromatic carbocycles. The van der Waals surface area contributed by atoms with E-state index in [9.17, 15) is 4.39 Å². The van der Waals surface area contributed by atoms with E-state index in [1.165, 1.54) is 12.1 Å². The van der Waals surface area contributed by atoms with Crippen LogP contribution in [0.15, 0.2) is 36.7 Å². The smallest absolute Gasteiger partial charge is 0.326 e.